The molecule has 0 unspecified atom stereocenters. The van der Waals surface area contributed by atoms with Gasteiger partial charge in [-0.1, -0.05) is 39.7 Å². The summed E-state index contributed by atoms with van der Waals surface area (Å²) in [7, 11) is 0. The van der Waals surface area contributed by atoms with Crippen LogP contribution in [-0.2, 0) is 14.3 Å². The van der Waals surface area contributed by atoms with Gasteiger partial charge in [0, 0.05) is 16.7 Å². The zero-order valence-electron chi connectivity index (χ0n) is 12.7. The molecule has 0 aliphatic carbocycles. The van der Waals surface area contributed by atoms with Gasteiger partial charge in [-0.25, -0.2) is 9.78 Å². The minimum atomic E-state index is -0.969. The Morgan fingerprint density at radius 3 is 2.67 bits per heavy atom. The highest BCUT2D eigenvalue weighted by atomic mass is 79.9. The maximum Gasteiger partial charge on any atom is 0.331 e. The molecule has 0 bridgehead atoms. The van der Waals surface area contributed by atoms with E-state index in [1.54, 1.807) is 18.2 Å². The summed E-state index contributed by atoms with van der Waals surface area (Å²) in [5.74, 6) is -1.10. The van der Waals surface area contributed by atoms with Crippen LogP contribution in [0.5, 0.6) is 0 Å². The SMILES string of the molecule is C[C@H](OC(=O)/C=C/c1ccc(Br)cc1)C(=O)Nc1cccnc1Cl. The van der Waals surface area contributed by atoms with E-state index >= 15 is 0 Å². The van der Waals surface area contributed by atoms with Crippen molar-refractivity contribution >= 4 is 51.2 Å². The number of carbonyl (C=O) groups is 2. The topological polar surface area (TPSA) is 68.3 Å². The van der Waals surface area contributed by atoms with Gasteiger partial charge in [0.05, 0.1) is 5.69 Å². The summed E-state index contributed by atoms with van der Waals surface area (Å²) in [6.07, 6.45) is 3.42. The van der Waals surface area contributed by atoms with Gasteiger partial charge in [-0.3, -0.25) is 4.79 Å². The van der Waals surface area contributed by atoms with Crippen LogP contribution in [0.2, 0.25) is 5.15 Å². The maximum atomic E-state index is 12.0. The lowest BCUT2D eigenvalue weighted by molar-refractivity contribution is -0.148. The Kier molecular flexibility index (Phi) is 6.52. The van der Waals surface area contributed by atoms with Crippen LogP contribution in [0.1, 0.15) is 12.5 Å². The molecule has 0 fully saturated rings. The Labute approximate surface area is 152 Å². The van der Waals surface area contributed by atoms with Crippen molar-refractivity contribution in [2.75, 3.05) is 5.32 Å². The number of halogens is 2. The van der Waals surface area contributed by atoms with Crippen LogP contribution in [0.25, 0.3) is 6.08 Å². The molecule has 1 aromatic carbocycles. The van der Waals surface area contributed by atoms with E-state index in [1.165, 1.54) is 19.2 Å². The summed E-state index contributed by atoms with van der Waals surface area (Å²) in [5, 5.41) is 2.72. The Hall–Kier alpha value is -2.18. The molecule has 2 aromatic rings. The fourth-order valence-corrected chi connectivity index (χ4v) is 2.15. The van der Waals surface area contributed by atoms with Gasteiger partial charge >= 0.3 is 5.97 Å². The second kappa shape index (κ2) is 8.61. The fraction of sp³-hybridized carbons (Fsp3) is 0.118. The van der Waals surface area contributed by atoms with Gasteiger partial charge in [-0.15, -0.1) is 0 Å². The highest BCUT2D eigenvalue weighted by molar-refractivity contribution is 9.10. The monoisotopic (exact) mass is 408 g/mol. The van der Waals surface area contributed by atoms with Gasteiger partial charge in [-0.05, 0) is 42.8 Å². The van der Waals surface area contributed by atoms with Crippen molar-refractivity contribution in [2.45, 2.75) is 13.0 Å². The first-order valence-electron chi connectivity index (χ1n) is 7.01. The molecule has 0 aliphatic rings. The van der Waals surface area contributed by atoms with Crippen molar-refractivity contribution in [2.24, 2.45) is 0 Å². The molecule has 2 rings (SSSR count). The van der Waals surface area contributed by atoms with Crippen LogP contribution in [-0.4, -0.2) is 23.0 Å². The molecule has 1 aromatic heterocycles. The number of nitrogens with one attached hydrogen (secondary N) is 1. The second-order valence-electron chi connectivity index (χ2n) is 4.80. The molecular weight excluding hydrogens is 396 g/mol. The Morgan fingerprint density at radius 1 is 1.29 bits per heavy atom. The van der Waals surface area contributed by atoms with Crippen LogP contribution in [0.15, 0.2) is 53.1 Å². The standard InChI is InChI=1S/C17H14BrClN2O3/c1-11(17(23)21-14-3-2-10-20-16(14)19)24-15(22)9-6-12-4-7-13(18)8-5-12/h2-11H,1H3,(H,21,23)/b9-6+/t11-/m0/s1. The molecule has 0 spiro atoms. The molecule has 0 radical (unpaired) electrons. The molecule has 0 saturated heterocycles. The zero-order valence-corrected chi connectivity index (χ0v) is 15.0. The van der Waals surface area contributed by atoms with Crippen molar-refractivity contribution < 1.29 is 14.3 Å². The average molecular weight is 410 g/mol. The number of anilines is 1. The summed E-state index contributed by atoms with van der Waals surface area (Å²) in [6.45, 7) is 1.48. The van der Waals surface area contributed by atoms with Gasteiger partial charge in [0.2, 0.25) is 0 Å². The molecule has 0 aliphatic heterocycles. The quantitative estimate of drug-likeness (QED) is 0.459. The molecule has 1 amide bonds. The largest absolute Gasteiger partial charge is 0.449 e. The number of amides is 1. The van der Waals surface area contributed by atoms with E-state index in [4.69, 9.17) is 16.3 Å². The van der Waals surface area contributed by atoms with Crippen molar-refractivity contribution in [3.63, 3.8) is 0 Å². The van der Waals surface area contributed by atoms with E-state index in [9.17, 15) is 9.59 Å². The number of esters is 1. The lowest BCUT2D eigenvalue weighted by Crippen LogP contribution is -2.29. The third kappa shape index (κ3) is 5.47. The Balaban J connectivity index is 1.90. The summed E-state index contributed by atoms with van der Waals surface area (Å²) >= 11 is 9.19. The first-order chi connectivity index (χ1) is 11.5. The van der Waals surface area contributed by atoms with E-state index in [-0.39, 0.29) is 5.15 Å². The fourth-order valence-electron chi connectivity index (χ4n) is 1.72. The highest BCUT2D eigenvalue weighted by Crippen LogP contribution is 2.18. The van der Waals surface area contributed by atoms with E-state index in [2.05, 4.69) is 26.2 Å². The predicted molar refractivity (Wildman–Crippen MR) is 96.6 cm³/mol. The molecule has 0 saturated carbocycles. The van der Waals surface area contributed by atoms with Gasteiger partial charge in [0.1, 0.15) is 0 Å². The number of carbonyl (C=O) groups excluding carboxylic acids is 2. The molecule has 124 valence electrons. The lowest BCUT2D eigenvalue weighted by atomic mass is 10.2. The molecular formula is C17H14BrClN2O3. The number of aromatic nitrogens is 1. The first-order valence-corrected chi connectivity index (χ1v) is 8.18. The maximum absolute atomic E-state index is 12.0. The van der Waals surface area contributed by atoms with Crippen LogP contribution >= 0.6 is 27.5 Å². The molecule has 7 heteroatoms. The number of nitrogens with zero attached hydrogens (tertiary/aromatic N) is 1. The summed E-state index contributed by atoms with van der Waals surface area (Å²) in [5.41, 5.74) is 1.20. The van der Waals surface area contributed by atoms with Gasteiger partial charge < -0.3 is 10.1 Å². The summed E-state index contributed by atoms with van der Waals surface area (Å²) in [4.78, 5) is 27.6. The zero-order chi connectivity index (χ0) is 17.5. The third-order valence-electron chi connectivity index (χ3n) is 2.96. The van der Waals surface area contributed by atoms with E-state index < -0.39 is 18.0 Å². The minimum absolute atomic E-state index is 0.166. The van der Waals surface area contributed by atoms with Crippen LogP contribution in [0.3, 0.4) is 0 Å². The number of ether oxygens (including phenoxy) is 1. The normalized spacial score (nSPS) is 12.0. The molecule has 1 N–H and O–H groups in total. The number of pyridine rings is 1. The van der Waals surface area contributed by atoms with Crippen molar-refractivity contribution in [3.05, 3.63) is 63.9 Å². The predicted octanol–water partition coefficient (Wildman–Crippen LogP) is 4.08. The smallest absolute Gasteiger partial charge is 0.331 e. The van der Waals surface area contributed by atoms with Gasteiger partial charge in [-0.2, -0.15) is 0 Å². The molecule has 1 atom stereocenters. The number of benzene rings is 1. The van der Waals surface area contributed by atoms with Gasteiger partial charge in [0.15, 0.2) is 11.3 Å². The second-order valence-corrected chi connectivity index (χ2v) is 6.07. The van der Waals surface area contributed by atoms with E-state index in [0.29, 0.717) is 5.69 Å². The number of hydrogen-bond donors (Lipinski definition) is 1. The lowest BCUT2D eigenvalue weighted by Gasteiger charge is -2.12. The summed E-state index contributed by atoms with van der Waals surface area (Å²) in [6, 6.07) is 10.6. The Morgan fingerprint density at radius 2 is 2.00 bits per heavy atom. The average Bonchev–Trinajstić information content (AvgIpc) is 2.56. The molecule has 24 heavy (non-hydrogen) atoms. The summed E-state index contributed by atoms with van der Waals surface area (Å²) < 4.78 is 6.01. The number of rotatable bonds is 5. The third-order valence-corrected chi connectivity index (χ3v) is 3.79. The van der Waals surface area contributed by atoms with E-state index in [1.807, 2.05) is 24.3 Å². The van der Waals surface area contributed by atoms with Crippen LogP contribution < -0.4 is 5.32 Å². The van der Waals surface area contributed by atoms with Crippen molar-refractivity contribution in [3.8, 4) is 0 Å². The van der Waals surface area contributed by atoms with Crippen LogP contribution in [0.4, 0.5) is 5.69 Å². The van der Waals surface area contributed by atoms with E-state index in [0.717, 1.165) is 10.0 Å². The number of hydrogen-bond acceptors (Lipinski definition) is 4. The first kappa shape index (κ1) is 18.2. The van der Waals surface area contributed by atoms with Gasteiger partial charge in [0.25, 0.3) is 5.91 Å². The molecule has 5 nitrogen and oxygen atoms in total. The van der Waals surface area contributed by atoms with Crippen molar-refractivity contribution in [1.82, 2.24) is 4.98 Å². The minimum Gasteiger partial charge on any atom is -0.449 e. The van der Waals surface area contributed by atoms with Crippen molar-refractivity contribution in [1.29, 1.82) is 0 Å². The highest BCUT2D eigenvalue weighted by Gasteiger charge is 2.17. The Bertz CT molecular complexity index is 763. The van der Waals surface area contributed by atoms with Crippen LogP contribution in [0, 0.1) is 0 Å². The molecule has 1 heterocycles.